The van der Waals surface area contributed by atoms with Crippen LogP contribution in [0.2, 0.25) is 0 Å². The Bertz CT molecular complexity index is 174. The second kappa shape index (κ2) is 9.05. The number of hydrogen-bond donors (Lipinski definition) is 0. The first kappa shape index (κ1) is 13.5. The number of unbranched alkanes of at least 4 members (excludes halogenated alkanes) is 1. The molecule has 0 amide bonds. The molecule has 82 valence electrons. The molecule has 0 saturated carbocycles. The minimum atomic E-state index is 0.734. The van der Waals surface area contributed by atoms with E-state index in [1.807, 2.05) is 0 Å². The molecule has 1 unspecified atom stereocenters. The van der Waals surface area contributed by atoms with Crippen LogP contribution >= 0.6 is 0 Å². The first-order valence-electron chi connectivity index (χ1n) is 6.06. The van der Waals surface area contributed by atoms with Crippen LogP contribution in [0.15, 0.2) is 23.8 Å². The maximum atomic E-state index is 2.46. The summed E-state index contributed by atoms with van der Waals surface area (Å²) >= 11 is 0. The molecule has 0 aromatic rings. The lowest BCUT2D eigenvalue weighted by Crippen LogP contribution is -1.98. The van der Waals surface area contributed by atoms with Crippen LogP contribution in [0.3, 0.4) is 0 Å². The van der Waals surface area contributed by atoms with Gasteiger partial charge < -0.3 is 0 Å². The molecule has 0 heterocycles. The number of allylic oxidation sites excluding steroid dienone is 4. The zero-order valence-electron chi connectivity index (χ0n) is 10.3. The molecular weight excluding hydrogens is 168 g/mol. The van der Waals surface area contributed by atoms with E-state index in [-0.39, 0.29) is 0 Å². The Morgan fingerprint density at radius 3 is 2.43 bits per heavy atom. The summed E-state index contributed by atoms with van der Waals surface area (Å²) in [6.45, 7) is 8.96. The van der Waals surface area contributed by atoms with Gasteiger partial charge in [0.1, 0.15) is 0 Å². The summed E-state index contributed by atoms with van der Waals surface area (Å²) in [6.07, 6.45) is 13.2. The van der Waals surface area contributed by atoms with Gasteiger partial charge in [0.05, 0.1) is 0 Å². The minimum Gasteiger partial charge on any atom is -0.0916 e. The molecule has 0 N–H and O–H groups in total. The lowest BCUT2D eigenvalue weighted by atomic mass is 9.92. The van der Waals surface area contributed by atoms with Gasteiger partial charge >= 0.3 is 0 Å². The minimum absolute atomic E-state index is 0.734. The molecule has 0 saturated heterocycles. The van der Waals surface area contributed by atoms with E-state index in [0.717, 1.165) is 5.92 Å². The summed E-state index contributed by atoms with van der Waals surface area (Å²) in [7, 11) is 0. The third-order valence-corrected chi connectivity index (χ3v) is 2.59. The summed E-state index contributed by atoms with van der Waals surface area (Å²) in [5.41, 5.74) is 1.66. The van der Waals surface area contributed by atoms with Crippen LogP contribution in [0.25, 0.3) is 0 Å². The van der Waals surface area contributed by atoms with Gasteiger partial charge in [-0.1, -0.05) is 57.4 Å². The van der Waals surface area contributed by atoms with Crippen LogP contribution < -0.4 is 0 Å². The van der Waals surface area contributed by atoms with Crippen molar-refractivity contribution in [2.75, 3.05) is 0 Å². The second-order valence-electron chi connectivity index (χ2n) is 4.02. The van der Waals surface area contributed by atoms with E-state index in [0.29, 0.717) is 0 Å². The molecule has 0 spiro atoms. The molecule has 0 aliphatic carbocycles. The summed E-state index contributed by atoms with van der Waals surface area (Å²) in [5.74, 6) is 0.734. The standard InChI is InChI=1S/C14H26/c1-5-8-11-13(4)14(10-7-3)12-9-6-2/h5,8,12-13H,6-7,9-11H2,1-4H3. The summed E-state index contributed by atoms with van der Waals surface area (Å²) < 4.78 is 0. The highest BCUT2D eigenvalue weighted by molar-refractivity contribution is 5.07. The Hall–Kier alpha value is -0.520. The van der Waals surface area contributed by atoms with Gasteiger partial charge in [-0.15, -0.1) is 0 Å². The lowest BCUT2D eigenvalue weighted by molar-refractivity contribution is 0.642. The average Bonchev–Trinajstić information content (AvgIpc) is 2.20. The van der Waals surface area contributed by atoms with Crippen molar-refractivity contribution in [1.82, 2.24) is 0 Å². The van der Waals surface area contributed by atoms with Crippen molar-refractivity contribution < 1.29 is 0 Å². The highest BCUT2D eigenvalue weighted by atomic mass is 14.1. The lowest BCUT2D eigenvalue weighted by Gasteiger charge is -2.13. The van der Waals surface area contributed by atoms with Crippen molar-refractivity contribution >= 4 is 0 Å². The molecule has 0 bridgehead atoms. The molecule has 0 aliphatic rings. The smallest absolute Gasteiger partial charge is 0.0197 e. The molecule has 1 atom stereocenters. The topological polar surface area (TPSA) is 0 Å². The molecule has 0 heteroatoms. The zero-order chi connectivity index (χ0) is 10.8. The average molecular weight is 194 g/mol. The van der Waals surface area contributed by atoms with Crippen LogP contribution in [0.4, 0.5) is 0 Å². The van der Waals surface area contributed by atoms with Gasteiger partial charge in [0, 0.05) is 0 Å². The van der Waals surface area contributed by atoms with Crippen molar-refractivity contribution in [2.45, 2.75) is 59.8 Å². The summed E-state index contributed by atoms with van der Waals surface area (Å²) in [4.78, 5) is 0. The third-order valence-electron chi connectivity index (χ3n) is 2.59. The number of hydrogen-bond acceptors (Lipinski definition) is 0. The molecular formula is C14H26. The molecule has 14 heavy (non-hydrogen) atoms. The van der Waals surface area contributed by atoms with E-state index in [1.165, 1.54) is 32.1 Å². The predicted molar refractivity (Wildman–Crippen MR) is 66.5 cm³/mol. The zero-order valence-corrected chi connectivity index (χ0v) is 10.3. The first-order chi connectivity index (χ1) is 6.76. The molecule has 0 aromatic carbocycles. The van der Waals surface area contributed by atoms with Crippen LogP contribution in [0, 0.1) is 5.92 Å². The quantitative estimate of drug-likeness (QED) is 0.494. The Morgan fingerprint density at radius 1 is 1.21 bits per heavy atom. The van der Waals surface area contributed by atoms with E-state index in [1.54, 1.807) is 5.57 Å². The monoisotopic (exact) mass is 194 g/mol. The third kappa shape index (κ3) is 6.01. The fourth-order valence-corrected chi connectivity index (χ4v) is 1.66. The molecule has 0 fully saturated rings. The molecule has 0 aromatic heterocycles. The molecule has 0 nitrogen and oxygen atoms in total. The largest absolute Gasteiger partial charge is 0.0916 e. The molecule has 0 aliphatic heterocycles. The van der Waals surface area contributed by atoms with E-state index < -0.39 is 0 Å². The second-order valence-corrected chi connectivity index (χ2v) is 4.02. The van der Waals surface area contributed by atoms with Crippen LogP contribution in [0.5, 0.6) is 0 Å². The fraction of sp³-hybridized carbons (Fsp3) is 0.714. The van der Waals surface area contributed by atoms with Crippen LogP contribution in [-0.4, -0.2) is 0 Å². The molecule has 0 rings (SSSR count). The Balaban J connectivity index is 4.16. The van der Waals surface area contributed by atoms with Crippen LogP contribution in [-0.2, 0) is 0 Å². The van der Waals surface area contributed by atoms with Crippen molar-refractivity contribution in [3.8, 4) is 0 Å². The van der Waals surface area contributed by atoms with Gasteiger partial charge in [-0.25, -0.2) is 0 Å². The van der Waals surface area contributed by atoms with E-state index in [4.69, 9.17) is 0 Å². The maximum absolute atomic E-state index is 2.46. The SMILES string of the molecule is CC=CCC(C)C(=CCCC)CCC. The molecule has 0 radical (unpaired) electrons. The summed E-state index contributed by atoms with van der Waals surface area (Å²) in [6, 6.07) is 0. The van der Waals surface area contributed by atoms with Gasteiger partial charge in [-0.05, 0) is 32.1 Å². The van der Waals surface area contributed by atoms with Crippen molar-refractivity contribution in [3.63, 3.8) is 0 Å². The Labute approximate surface area is 90.1 Å². The fourth-order valence-electron chi connectivity index (χ4n) is 1.66. The van der Waals surface area contributed by atoms with Gasteiger partial charge in [0.25, 0.3) is 0 Å². The van der Waals surface area contributed by atoms with Gasteiger partial charge in [-0.3, -0.25) is 0 Å². The van der Waals surface area contributed by atoms with Gasteiger partial charge in [0.2, 0.25) is 0 Å². The first-order valence-corrected chi connectivity index (χ1v) is 6.06. The Kier molecular flexibility index (Phi) is 8.72. The highest BCUT2D eigenvalue weighted by Crippen LogP contribution is 2.21. The normalized spacial score (nSPS) is 15.0. The van der Waals surface area contributed by atoms with Crippen molar-refractivity contribution in [3.05, 3.63) is 23.8 Å². The van der Waals surface area contributed by atoms with Crippen LogP contribution in [0.1, 0.15) is 59.8 Å². The van der Waals surface area contributed by atoms with Gasteiger partial charge in [0.15, 0.2) is 0 Å². The predicted octanol–water partition coefficient (Wildman–Crippen LogP) is 5.12. The maximum Gasteiger partial charge on any atom is -0.0197 e. The van der Waals surface area contributed by atoms with Crippen molar-refractivity contribution in [1.29, 1.82) is 0 Å². The summed E-state index contributed by atoms with van der Waals surface area (Å²) in [5, 5.41) is 0. The van der Waals surface area contributed by atoms with Gasteiger partial charge in [-0.2, -0.15) is 0 Å². The van der Waals surface area contributed by atoms with E-state index in [9.17, 15) is 0 Å². The van der Waals surface area contributed by atoms with Crippen molar-refractivity contribution in [2.24, 2.45) is 5.92 Å². The van der Waals surface area contributed by atoms with E-state index >= 15 is 0 Å². The number of rotatable bonds is 7. The van der Waals surface area contributed by atoms with E-state index in [2.05, 4.69) is 45.9 Å². The highest BCUT2D eigenvalue weighted by Gasteiger charge is 2.05. The Morgan fingerprint density at radius 2 is 1.93 bits per heavy atom.